The first-order valence-electron chi connectivity index (χ1n) is 4.04. The smallest absolute Gasteiger partial charge is 0.120 e. The molecule has 0 atom stereocenters. The van der Waals surface area contributed by atoms with Crippen LogP contribution in [0.1, 0.15) is 16.3 Å². The number of hydrogen-bond acceptors (Lipinski definition) is 4. The monoisotopic (exact) mass is 194 g/mol. The third kappa shape index (κ3) is 1.79. The lowest BCUT2D eigenvalue weighted by Crippen LogP contribution is -1.98. The zero-order valence-electron chi connectivity index (χ0n) is 7.06. The fraction of sp³-hybridized carbons (Fsp3) is 0.222. The molecule has 2 heterocycles. The van der Waals surface area contributed by atoms with Crippen molar-refractivity contribution >= 4 is 11.3 Å². The normalized spacial score (nSPS) is 10.5. The van der Waals surface area contributed by atoms with Gasteiger partial charge in [0, 0.05) is 23.6 Å². The van der Waals surface area contributed by atoms with Crippen molar-refractivity contribution in [3.63, 3.8) is 0 Å². The standard InChI is InChI=1S/C9H10N2OS/c10-6-8-7(1-3-12-8)5-9-11-2-4-13-9/h1-4H,5-6,10H2. The summed E-state index contributed by atoms with van der Waals surface area (Å²) in [4.78, 5) is 4.20. The Hall–Kier alpha value is -1.13. The van der Waals surface area contributed by atoms with Crippen LogP contribution >= 0.6 is 11.3 Å². The molecular weight excluding hydrogens is 184 g/mol. The van der Waals surface area contributed by atoms with Crippen molar-refractivity contribution in [1.29, 1.82) is 0 Å². The molecule has 2 rings (SSSR count). The largest absolute Gasteiger partial charge is 0.468 e. The zero-order valence-corrected chi connectivity index (χ0v) is 7.88. The van der Waals surface area contributed by atoms with Crippen LogP contribution in [0.2, 0.25) is 0 Å². The Morgan fingerprint density at radius 1 is 1.54 bits per heavy atom. The van der Waals surface area contributed by atoms with E-state index in [9.17, 15) is 0 Å². The molecule has 4 heteroatoms. The minimum absolute atomic E-state index is 0.452. The van der Waals surface area contributed by atoms with Gasteiger partial charge in [-0.15, -0.1) is 11.3 Å². The number of rotatable bonds is 3. The van der Waals surface area contributed by atoms with E-state index in [-0.39, 0.29) is 0 Å². The van der Waals surface area contributed by atoms with Gasteiger partial charge in [-0.05, 0) is 6.07 Å². The molecule has 0 aliphatic carbocycles. The van der Waals surface area contributed by atoms with Crippen LogP contribution in [-0.2, 0) is 13.0 Å². The maximum atomic E-state index is 5.51. The van der Waals surface area contributed by atoms with Crippen molar-refractivity contribution in [1.82, 2.24) is 4.98 Å². The molecule has 0 aliphatic rings. The summed E-state index contributed by atoms with van der Waals surface area (Å²) in [6, 6.07) is 1.95. The summed E-state index contributed by atoms with van der Waals surface area (Å²) in [5.41, 5.74) is 6.65. The third-order valence-electron chi connectivity index (χ3n) is 1.85. The highest BCUT2D eigenvalue weighted by molar-refractivity contribution is 7.09. The Kier molecular flexibility index (Phi) is 2.42. The van der Waals surface area contributed by atoms with Crippen molar-refractivity contribution in [3.05, 3.63) is 40.2 Å². The van der Waals surface area contributed by atoms with E-state index in [0.29, 0.717) is 6.54 Å². The number of hydrogen-bond donors (Lipinski definition) is 1. The molecule has 0 radical (unpaired) electrons. The number of aromatic nitrogens is 1. The maximum absolute atomic E-state index is 5.51. The van der Waals surface area contributed by atoms with E-state index >= 15 is 0 Å². The van der Waals surface area contributed by atoms with Crippen molar-refractivity contribution in [2.24, 2.45) is 5.73 Å². The topological polar surface area (TPSA) is 52.0 Å². The van der Waals surface area contributed by atoms with Gasteiger partial charge < -0.3 is 10.2 Å². The average molecular weight is 194 g/mol. The summed E-state index contributed by atoms with van der Waals surface area (Å²) in [5, 5.41) is 3.06. The Morgan fingerprint density at radius 2 is 2.46 bits per heavy atom. The summed E-state index contributed by atoms with van der Waals surface area (Å²) in [6.45, 7) is 0.452. The molecule has 2 N–H and O–H groups in total. The molecule has 0 saturated heterocycles. The van der Waals surface area contributed by atoms with Crippen molar-refractivity contribution in [3.8, 4) is 0 Å². The van der Waals surface area contributed by atoms with Crippen LogP contribution in [0.25, 0.3) is 0 Å². The van der Waals surface area contributed by atoms with Crippen LogP contribution in [-0.4, -0.2) is 4.98 Å². The van der Waals surface area contributed by atoms with Gasteiger partial charge in [-0.3, -0.25) is 0 Å². The second kappa shape index (κ2) is 3.72. The molecule has 3 nitrogen and oxygen atoms in total. The summed E-state index contributed by atoms with van der Waals surface area (Å²) < 4.78 is 5.21. The highest BCUT2D eigenvalue weighted by atomic mass is 32.1. The number of thiazole rings is 1. The Balaban J connectivity index is 2.18. The van der Waals surface area contributed by atoms with E-state index in [0.717, 1.165) is 22.8 Å². The molecule has 0 fully saturated rings. The van der Waals surface area contributed by atoms with E-state index in [1.807, 2.05) is 17.6 Å². The molecule has 0 aliphatic heterocycles. The second-order valence-corrected chi connectivity index (χ2v) is 3.65. The number of furan rings is 1. The molecular formula is C9H10N2OS. The number of nitrogens with zero attached hydrogens (tertiary/aromatic N) is 1. The first-order chi connectivity index (χ1) is 6.40. The van der Waals surface area contributed by atoms with E-state index in [1.54, 1.807) is 17.6 Å². The molecule has 2 aromatic rings. The van der Waals surface area contributed by atoms with Crippen LogP contribution < -0.4 is 5.73 Å². The summed E-state index contributed by atoms with van der Waals surface area (Å²) in [5.74, 6) is 0.857. The van der Waals surface area contributed by atoms with E-state index in [2.05, 4.69) is 4.98 Å². The van der Waals surface area contributed by atoms with Gasteiger partial charge in [0.1, 0.15) is 5.76 Å². The van der Waals surface area contributed by atoms with Gasteiger partial charge in [-0.25, -0.2) is 4.98 Å². The van der Waals surface area contributed by atoms with E-state index < -0.39 is 0 Å². The second-order valence-electron chi connectivity index (χ2n) is 2.68. The predicted octanol–water partition coefficient (Wildman–Crippen LogP) is 1.79. The molecule has 0 aromatic carbocycles. The molecule has 0 bridgehead atoms. The van der Waals surface area contributed by atoms with Gasteiger partial charge in [-0.1, -0.05) is 0 Å². The van der Waals surface area contributed by atoms with Gasteiger partial charge >= 0.3 is 0 Å². The Bertz CT molecular complexity index is 367. The van der Waals surface area contributed by atoms with Crippen LogP contribution in [0.4, 0.5) is 0 Å². The number of nitrogens with two attached hydrogens (primary N) is 1. The fourth-order valence-corrected chi connectivity index (χ4v) is 1.85. The van der Waals surface area contributed by atoms with Gasteiger partial charge in [-0.2, -0.15) is 0 Å². The lowest BCUT2D eigenvalue weighted by molar-refractivity contribution is 0.508. The molecule has 0 saturated carbocycles. The van der Waals surface area contributed by atoms with E-state index in [1.165, 1.54) is 0 Å². The molecule has 0 spiro atoms. The third-order valence-corrected chi connectivity index (χ3v) is 2.63. The molecule has 13 heavy (non-hydrogen) atoms. The highest BCUT2D eigenvalue weighted by Gasteiger charge is 2.06. The summed E-state index contributed by atoms with van der Waals surface area (Å²) in [6.07, 6.45) is 4.30. The minimum Gasteiger partial charge on any atom is -0.468 e. The van der Waals surface area contributed by atoms with Gasteiger partial charge in [0.25, 0.3) is 0 Å². The quantitative estimate of drug-likeness (QED) is 0.810. The van der Waals surface area contributed by atoms with Gasteiger partial charge in [0.2, 0.25) is 0 Å². The van der Waals surface area contributed by atoms with Crippen molar-refractivity contribution in [2.75, 3.05) is 0 Å². The van der Waals surface area contributed by atoms with Crippen molar-refractivity contribution < 1.29 is 4.42 Å². The zero-order chi connectivity index (χ0) is 9.10. The van der Waals surface area contributed by atoms with Crippen molar-refractivity contribution in [2.45, 2.75) is 13.0 Å². The Morgan fingerprint density at radius 3 is 3.15 bits per heavy atom. The lowest BCUT2D eigenvalue weighted by atomic mass is 10.2. The van der Waals surface area contributed by atoms with Gasteiger partial charge in [0.05, 0.1) is 17.8 Å². The SMILES string of the molecule is NCc1occc1Cc1nccs1. The average Bonchev–Trinajstić information content (AvgIpc) is 2.76. The molecule has 0 unspecified atom stereocenters. The van der Waals surface area contributed by atoms with E-state index in [4.69, 9.17) is 10.2 Å². The van der Waals surface area contributed by atoms with Gasteiger partial charge in [0.15, 0.2) is 0 Å². The maximum Gasteiger partial charge on any atom is 0.120 e. The predicted molar refractivity (Wildman–Crippen MR) is 51.5 cm³/mol. The first-order valence-corrected chi connectivity index (χ1v) is 4.92. The van der Waals surface area contributed by atoms with Crippen LogP contribution in [0.3, 0.4) is 0 Å². The summed E-state index contributed by atoms with van der Waals surface area (Å²) in [7, 11) is 0. The van der Waals surface area contributed by atoms with Crippen LogP contribution in [0.5, 0.6) is 0 Å². The minimum atomic E-state index is 0.452. The summed E-state index contributed by atoms with van der Waals surface area (Å²) >= 11 is 1.65. The molecule has 0 amide bonds. The Labute approximate surface area is 80.2 Å². The first kappa shape index (κ1) is 8.47. The van der Waals surface area contributed by atoms with Crippen LogP contribution in [0.15, 0.2) is 28.3 Å². The molecule has 68 valence electrons. The fourth-order valence-electron chi connectivity index (χ4n) is 1.21. The highest BCUT2D eigenvalue weighted by Crippen LogP contribution is 2.16. The lowest BCUT2D eigenvalue weighted by Gasteiger charge is -1.96. The van der Waals surface area contributed by atoms with Crippen LogP contribution in [0, 0.1) is 0 Å². The molecule has 2 aromatic heterocycles.